The first-order valence-electron chi connectivity index (χ1n) is 8.32. The van der Waals surface area contributed by atoms with Gasteiger partial charge in [-0.15, -0.1) is 10.2 Å². The number of hydrogen-bond acceptors (Lipinski definition) is 5. The number of rotatable bonds is 7. The van der Waals surface area contributed by atoms with Crippen LogP contribution in [0.15, 0.2) is 46.6 Å². The Bertz CT molecular complexity index is 656. The van der Waals surface area contributed by atoms with Gasteiger partial charge >= 0.3 is 0 Å². The normalized spacial score (nSPS) is 13.3. The van der Waals surface area contributed by atoms with Crippen molar-refractivity contribution in [3.8, 4) is 5.75 Å². The molecule has 1 heterocycles. The van der Waals surface area contributed by atoms with Crippen molar-refractivity contribution in [2.75, 3.05) is 12.3 Å². The minimum absolute atomic E-state index is 0.374. The number of nitrogens with zero attached hydrogens (tertiary/aromatic N) is 2. The van der Waals surface area contributed by atoms with E-state index in [2.05, 4.69) is 37.9 Å². The van der Waals surface area contributed by atoms with Gasteiger partial charge in [0.15, 0.2) is 0 Å². The molecule has 0 saturated heterocycles. The van der Waals surface area contributed by atoms with Gasteiger partial charge in [0.25, 0.3) is 0 Å². The Hall–Kier alpha value is -1.88. The average molecular weight is 346 g/mol. The Morgan fingerprint density at radius 2 is 1.79 bits per heavy atom. The molecule has 24 heavy (non-hydrogen) atoms. The van der Waals surface area contributed by atoms with Crippen LogP contribution in [0.2, 0.25) is 0 Å². The second-order valence-corrected chi connectivity index (χ2v) is 8.47. The molecule has 0 aliphatic rings. The van der Waals surface area contributed by atoms with Gasteiger partial charge in [-0.25, -0.2) is 0 Å². The summed E-state index contributed by atoms with van der Waals surface area (Å²) in [4.78, 5) is 0. The molecule has 0 radical (unpaired) electrons. The topological polar surface area (TPSA) is 60.0 Å². The van der Waals surface area contributed by atoms with Crippen LogP contribution in [-0.2, 0) is 0 Å². The van der Waals surface area contributed by atoms with Crippen LogP contribution < -0.4 is 10.5 Å². The van der Waals surface area contributed by atoms with Crippen molar-refractivity contribution in [2.45, 2.75) is 40.5 Å². The van der Waals surface area contributed by atoms with Crippen molar-refractivity contribution in [3.05, 3.63) is 36.4 Å². The van der Waals surface area contributed by atoms with Crippen LogP contribution in [0, 0.1) is 11.3 Å². The maximum Gasteiger partial charge on any atom is 0.140 e. The van der Waals surface area contributed by atoms with Gasteiger partial charge in [-0.2, -0.15) is 0 Å². The third-order valence-corrected chi connectivity index (χ3v) is 4.35. The highest BCUT2D eigenvalue weighted by Crippen LogP contribution is 2.29. The Morgan fingerprint density at radius 3 is 2.38 bits per heavy atom. The minimum Gasteiger partial charge on any atom is -0.494 e. The molecule has 0 aliphatic heterocycles. The lowest BCUT2D eigenvalue weighted by molar-refractivity contribution is 0.240. The summed E-state index contributed by atoms with van der Waals surface area (Å²) < 4.78 is 5.83. The van der Waals surface area contributed by atoms with Crippen LogP contribution in [-0.4, -0.2) is 6.61 Å². The number of anilines is 1. The monoisotopic (exact) mass is 345 g/mol. The molecule has 0 bridgehead atoms. The zero-order valence-corrected chi connectivity index (χ0v) is 15.8. The van der Waals surface area contributed by atoms with Crippen LogP contribution in [0.5, 0.6) is 5.75 Å². The lowest BCUT2D eigenvalue weighted by atomic mass is 9.84. The molecule has 0 amide bonds. The fraction of sp³-hybridized carbons (Fsp3) is 0.474. The molecule has 1 aromatic heterocycles. The average Bonchev–Trinajstić information content (AvgIpc) is 2.90. The number of azo groups is 1. The van der Waals surface area contributed by atoms with E-state index in [0.29, 0.717) is 11.3 Å². The van der Waals surface area contributed by atoms with Gasteiger partial charge in [-0.05, 0) is 60.6 Å². The van der Waals surface area contributed by atoms with Crippen LogP contribution in [0.1, 0.15) is 40.5 Å². The molecule has 1 unspecified atom stereocenters. The van der Waals surface area contributed by atoms with Gasteiger partial charge < -0.3 is 10.5 Å². The predicted octanol–water partition coefficient (Wildman–Crippen LogP) is 6.59. The van der Waals surface area contributed by atoms with Crippen molar-refractivity contribution >= 4 is 27.0 Å². The molecule has 5 heteroatoms. The summed E-state index contributed by atoms with van der Waals surface area (Å²) in [5, 5.41) is 9.92. The Labute approximate surface area is 148 Å². The first-order valence-corrected chi connectivity index (χ1v) is 9.13. The summed E-state index contributed by atoms with van der Waals surface area (Å²) in [6.45, 7) is 9.87. The maximum absolute atomic E-state index is 5.83. The highest BCUT2D eigenvalue weighted by molar-refractivity contribution is 7.19. The van der Waals surface area contributed by atoms with Gasteiger partial charge in [-0.3, -0.25) is 0 Å². The Balaban J connectivity index is 1.79. The molecule has 0 fully saturated rings. The smallest absolute Gasteiger partial charge is 0.140 e. The summed E-state index contributed by atoms with van der Waals surface area (Å²) in [5.41, 5.74) is 6.84. The highest BCUT2D eigenvalue weighted by Gasteiger charge is 2.15. The molecule has 2 aromatic rings. The molecule has 1 aromatic carbocycles. The van der Waals surface area contributed by atoms with Gasteiger partial charge in [0.1, 0.15) is 10.8 Å². The lowest BCUT2D eigenvalue weighted by Gasteiger charge is -2.23. The molecular weight excluding hydrogens is 318 g/mol. The van der Waals surface area contributed by atoms with E-state index in [1.54, 1.807) is 0 Å². The van der Waals surface area contributed by atoms with Crippen LogP contribution in [0.4, 0.5) is 15.7 Å². The molecular formula is C19H27N3OS. The SMILES string of the molecule is CC(CCOc1ccc(N=Nc2ccc(N)s2)cc1)CC(C)(C)C. The van der Waals surface area contributed by atoms with Gasteiger partial charge in [0, 0.05) is 0 Å². The summed E-state index contributed by atoms with van der Waals surface area (Å²) in [6, 6.07) is 11.4. The lowest BCUT2D eigenvalue weighted by Crippen LogP contribution is -2.13. The second-order valence-electron chi connectivity index (χ2n) is 7.38. The van der Waals surface area contributed by atoms with Gasteiger partial charge in [-0.1, -0.05) is 39.0 Å². The fourth-order valence-corrected chi connectivity index (χ4v) is 3.23. The zero-order valence-electron chi connectivity index (χ0n) is 15.0. The maximum atomic E-state index is 5.83. The molecule has 0 aliphatic carbocycles. The highest BCUT2D eigenvalue weighted by atomic mass is 32.1. The summed E-state index contributed by atoms with van der Waals surface area (Å²) in [6.07, 6.45) is 2.28. The number of nitrogens with two attached hydrogens (primary N) is 1. The van der Waals surface area contributed by atoms with Crippen LogP contribution in [0.25, 0.3) is 0 Å². The van der Waals surface area contributed by atoms with E-state index in [1.807, 2.05) is 36.4 Å². The number of nitrogen functional groups attached to an aromatic ring is 1. The Kier molecular flexibility index (Phi) is 6.37. The first-order chi connectivity index (χ1) is 11.3. The number of benzene rings is 1. The van der Waals surface area contributed by atoms with E-state index < -0.39 is 0 Å². The zero-order chi connectivity index (χ0) is 17.6. The first kappa shape index (κ1) is 18.5. The summed E-state index contributed by atoms with van der Waals surface area (Å²) >= 11 is 1.42. The van der Waals surface area contributed by atoms with E-state index >= 15 is 0 Å². The molecule has 4 nitrogen and oxygen atoms in total. The second kappa shape index (κ2) is 8.29. The quantitative estimate of drug-likeness (QED) is 0.576. The number of hydrogen-bond donors (Lipinski definition) is 1. The number of ether oxygens (including phenoxy) is 1. The molecule has 130 valence electrons. The third kappa shape index (κ3) is 6.71. The van der Waals surface area contributed by atoms with Gasteiger partial charge in [0.05, 0.1) is 17.3 Å². The largest absolute Gasteiger partial charge is 0.494 e. The molecule has 2 rings (SSSR count). The summed E-state index contributed by atoms with van der Waals surface area (Å²) in [5.74, 6) is 1.54. The van der Waals surface area contributed by atoms with Gasteiger partial charge in [0.2, 0.25) is 0 Å². The van der Waals surface area contributed by atoms with Crippen molar-refractivity contribution < 1.29 is 4.74 Å². The van der Waals surface area contributed by atoms with E-state index in [9.17, 15) is 0 Å². The minimum atomic E-state index is 0.374. The van der Waals surface area contributed by atoms with E-state index in [0.717, 1.165) is 34.5 Å². The molecule has 0 saturated carbocycles. The third-order valence-electron chi connectivity index (χ3n) is 3.55. The van der Waals surface area contributed by atoms with E-state index in [4.69, 9.17) is 10.5 Å². The van der Waals surface area contributed by atoms with Crippen molar-refractivity contribution in [3.63, 3.8) is 0 Å². The van der Waals surface area contributed by atoms with Crippen molar-refractivity contribution in [1.29, 1.82) is 0 Å². The van der Waals surface area contributed by atoms with Crippen LogP contribution in [0.3, 0.4) is 0 Å². The molecule has 1 atom stereocenters. The van der Waals surface area contributed by atoms with E-state index in [-0.39, 0.29) is 0 Å². The van der Waals surface area contributed by atoms with Crippen molar-refractivity contribution in [1.82, 2.24) is 0 Å². The Morgan fingerprint density at radius 1 is 1.08 bits per heavy atom. The standard InChI is InChI=1S/C19H27N3OS/c1-14(13-19(2,3)4)11-12-23-16-7-5-15(6-8-16)21-22-18-10-9-17(20)24-18/h5-10,14H,11-13,20H2,1-4H3. The van der Waals surface area contributed by atoms with E-state index in [1.165, 1.54) is 17.8 Å². The molecule has 0 spiro atoms. The number of thiophene rings is 1. The summed E-state index contributed by atoms with van der Waals surface area (Å²) in [7, 11) is 0. The fourth-order valence-electron chi connectivity index (χ4n) is 2.64. The molecule has 2 N–H and O–H groups in total. The van der Waals surface area contributed by atoms with Crippen LogP contribution >= 0.6 is 11.3 Å². The predicted molar refractivity (Wildman–Crippen MR) is 103 cm³/mol. The van der Waals surface area contributed by atoms with Crippen molar-refractivity contribution in [2.24, 2.45) is 21.6 Å².